The fraction of sp³-hybridized carbons (Fsp3) is 0.364. The second kappa shape index (κ2) is 8.32. The minimum atomic E-state index is -3.93. The van der Waals surface area contributed by atoms with Crippen LogP contribution in [0.1, 0.15) is 30.9 Å². The molecule has 2 amide bonds. The Morgan fingerprint density at radius 1 is 1.26 bits per heavy atom. The third-order valence-corrected chi connectivity index (χ3v) is 7.66. The van der Waals surface area contributed by atoms with Crippen molar-refractivity contribution in [3.8, 4) is 5.75 Å². The van der Waals surface area contributed by atoms with Crippen LogP contribution in [0.15, 0.2) is 47.4 Å². The first kappa shape index (κ1) is 21.3. The van der Waals surface area contributed by atoms with Crippen LogP contribution in [0.2, 0.25) is 0 Å². The second-order valence-corrected chi connectivity index (χ2v) is 9.70. The number of carbonyl (C=O) groups is 2. The Morgan fingerprint density at radius 3 is 2.74 bits per heavy atom. The first-order valence-electron chi connectivity index (χ1n) is 10.2. The molecule has 2 heterocycles. The summed E-state index contributed by atoms with van der Waals surface area (Å²) in [5.41, 5.74) is 1.87. The minimum Gasteiger partial charge on any atom is -0.479 e. The molecule has 1 saturated heterocycles. The zero-order valence-electron chi connectivity index (χ0n) is 17.4. The highest BCUT2D eigenvalue weighted by Crippen LogP contribution is 2.36. The van der Waals surface area contributed by atoms with Gasteiger partial charge in [0.05, 0.1) is 10.6 Å². The van der Waals surface area contributed by atoms with E-state index in [4.69, 9.17) is 4.74 Å². The van der Waals surface area contributed by atoms with Gasteiger partial charge in [0.1, 0.15) is 11.8 Å². The standard InChI is InChI=1S/C22H25N3O5S/c1-14-11-17-19(30-15(2)21(26)24-17)12-20(14)31(28,29)25-10-6-9-18(25)22(27)23-13-16-7-4-3-5-8-16/h3-5,7-8,11-12,15,18H,6,9-10,13H2,1-2H3,(H,23,27)(H,24,26)/t15-,18-/m0/s1. The summed E-state index contributed by atoms with van der Waals surface area (Å²) in [6.45, 7) is 3.88. The molecule has 4 rings (SSSR count). The molecule has 0 aliphatic carbocycles. The highest BCUT2D eigenvalue weighted by Gasteiger charge is 2.40. The Kier molecular flexibility index (Phi) is 5.72. The maximum absolute atomic E-state index is 13.5. The number of ether oxygens (including phenoxy) is 1. The van der Waals surface area contributed by atoms with Gasteiger partial charge in [0.25, 0.3) is 5.91 Å². The van der Waals surface area contributed by atoms with E-state index in [0.717, 1.165) is 5.56 Å². The quantitative estimate of drug-likeness (QED) is 0.737. The Balaban J connectivity index is 1.57. The molecular formula is C22H25N3O5S. The van der Waals surface area contributed by atoms with Crippen molar-refractivity contribution in [1.82, 2.24) is 9.62 Å². The number of carbonyl (C=O) groups excluding carboxylic acids is 2. The number of amides is 2. The molecule has 0 aromatic heterocycles. The average Bonchev–Trinajstić information content (AvgIpc) is 3.24. The minimum absolute atomic E-state index is 0.0809. The van der Waals surface area contributed by atoms with Crippen LogP contribution in [0, 0.1) is 6.92 Å². The number of hydrogen-bond acceptors (Lipinski definition) is 5. The van der Waals surface area contributed by atoms with Crippen LogP contribution >= 0.6 is 0 Å². The predicted molar refractivity (Wildman–Crippen MR) is 115 cm³/mol. The number of anilines is 1. The number of nitrogens with one attached hydrogen (secondary N) is 2. The van der Waals surface area contributed by atoms with Gasteiger partial charge in [-0.1, -0.05) is 30.3 Å². The molecule has 9 heteroatoms. The van der Waals surface area contributed by atoms with E-state index in [-0.39, 0.29) is 23.3 Å². The van der Waals surface area contributed by atoms with Gasteiger partial charge < -0.3 is 15.4 Å². The number of fused-ring (bicyclic) bond motifs is 1. The smallest absolute Gasteiger partial charge is 0.265 e. The molecule has 0 bridgehead atoms. The maximum atomic E-state index is 13.5. The van der Waals surface area contributed by atoms with Gasteiger partial charge in [-0.05, 0) is 43.9 Å². The summed E-state index contributed by atoms with van der Waals surface area (Å²) in [7, 11) is -3.93. The topological polar surface area (TPSA) is 105 Å². The van der Waals surface area contributed by atoms with E-state index in [1.165, 1.54) is 10.4 Å². The van der Waals surface area contributed by atoms with Gasteiger partial charge in [0.2, 0.25) is 15.9 Å². The Hall–Kier alpha value is -2.91. The summed E-state index contributed by atoms with van der Waals surface area (Å²) >= 11 is 0. The third-order valence-electron chi connectivity index (χ3n) is 5.61. The molecule has 2 aromatic carbocycles. The van der Waals surface area contributed by atoms with Crippen molar-refractivity contribution < 1.29 is 22.7 Å². The van der Waals surface area contributed by atoms with Crippen LogP contribution in [0.5, 0.6) is 5.75 Å². The highest BCUT2D eigenvalue weighted by molar-refractivity contribution is 7.89. The molecule has 2 aromatic rings. The Morgan fingerprint density at radius 2 is 2.00 bits per heavy atom. The van der Waals surface area contributed by atoms with Crippen LogP contribution in [0.3, 0.4) is 0 Å². The molecule has 2 atom stereocenters. The number of rotatable bonds is 5. The second-order valence-electron chi connectivity index (χ2n) is 7.84. The van der Waals surface area contributed by atoms with Gasteiger partial charge in [0, 0.05) is 19.2 Å². The highest BCUT2D eigenvalue weighted by atomic mass is 32.2. The zero-order chi connectivity index (χ0) is 22.2. The summed E-state index contributed by atoms with van der Waals surface area (Å²) in [5, 5.41) is 5.57. The zero-order valence-corrected chi connectivity index (χ0v) is 18.2. The van der Waals surface area contributed by atoms with Crippen molar-refractivity contribution in [3.05, 3.63) is 53.6 Å². The summed E-state index contributed by atoms with van der Waals surface area (Å²) in [6, 6.07) is 11.7. The van der Waals surface area contributed by atoms with Crippen molar-refractivity contribution in [2.45, 2.75) is 50.3 Å². The largest absolute Gasteiger partial charge is 0.479 e. The molecular weight excluding hydrogens is 418 g/mol. The van der Waals surface area contributed by atoms with Crippen molar-refractivity contribution in [2.75, 3.05) is 11.9 Å². The first-order chi connectivity index (χ1) is 14.8. The van der Waals surface area contributed by atoms with Gasteiger partial charge in [-0.3, -0.25) is 9.59 Å². The van der Waals surface area contributed by atoms with E-state index in [1.54, 1.807) is 19.9 Å². The van der Waals surface area contributed by atoms with Crippen LogP contribution in [0.4, 0.5) is 5.69 Å². The van der Waals surface area contributed by atoms with Gasteiger partial charge >= 0.3 is 0 Å². The monoisotopic (exact) mass is 443 g/mol. The van der Waals surface area contributed by atoms with E-state index in [9.17, 15) is 18.0 Å². The van der Waals surface area contributed by atoms with E-state index in [1.807, 2.05) is 30.3 Å². The molecule has 0 radical (unpaired) electrons. The molecule has 2 aliphatic rings. The predicted octanol–water partition coefficient (Wildman–Crippen LogP) is 2.18. The lowest BCUT2D eigenvalue weighted by Gasteiger charge is -2.27. The summed E-state index contributed by atoms with van der Waals surface area (Å²) in [4.78, 5) is 24.7. The van der Waals surface area contributed by atoms with Crippen molar-refractivity contribution in [1.29, 1.82) is 0 Å². The third kappa shape index (κ3) is 4.15. The van der Waals surface area contributed by atoms with Crippen molar-refractivity contribution in [3.63, 3.8) is 0 Å². The van der Waals surface area contributed by atoms with Gasteiger partial charge in [-0.15, -0.1) is 0 Å². The summed E-state index contributed by atoms with van der Waals surface area (Å²) < 4.78 is 33.8. The van der Waals surface area contributed by atoms with E-state index < -0.39 is 22.2 Å². The fourth-order valence-corrected chi connectivity index (χ4v) is 5.82. The maximum Gasteiger partial charge on any atom is 0.265 e. The van der Waals surface area contributed by atoms with E-state index >= 15 is 0 Å². The van der Waals surface area contributed by atoms with E-state index in [0.29, 0.717) is 36.4 Å². The number of hydrogen-bond donors (Lipinski definition) is 2. The van der Waals surface area contributed by atoms with Crippen LogP contribution in [-0.4, -0.2) is 43.2 Å². The van der Waals surface area contributed by atoms with Crippen molar-refractivity contribution in [2.24, 2.45) is 0 Å². The molecule has 31 heavy (non-hydrogen) atoms. The lowest BCUT2D eigenvalue weighted by atomic mass is 10.1. The van der Waals surface area contributed by atoms with Crippen molar-refractivity contribution >= 4 is 27.5 Å². The molecule has 2 N–H and O–H groups in total. The number of nitrogens with zero attached hydrogens (tertiary/aromatic N) is 1. The van der Waals surface area contributed by atoms with E-state index in [2.05, 4.69) is 10.6 Å². The van der Waals surface area contributed by atoms with Crippen LogP contribution in [0.25, 0.3) is 0 Å². The van der Waals surface area contributed by atoms with Gasteiger partial charge in [0.15, 0.2) is 6.10 Å². The normalized spacial score (nSPS) is 21.2. The van der Waals surface area contributed by atoms with Gasteiger partial charge in [-0.25, -0.2) is 8.42 Å². The average molecular weight is 444 g/mol. The van der Waals surface area contributed by atoms with Crippen LogP contribution in [-0.2, 0) is 26.2 Å². The molecule has 1 fully saturated rings. The lowest BCUT2D eigenvalue weighted by Crippen LogP contribution is -2.45. The SMILES string of the molecule is Cc1cc2c(cc1S(=O)(=O)N1CCC[C@H]1C(=O)NCc1ccccc1)O[C@@H](C)C(=O)N2. The molecule has 0 spiro atoms. The first-order valence-corrected chi connectivity index (χ1v) is 11.7. The molecule has 8 nitrogen and oxygen atoms in total. The molecule has 2 aliphatic heterocycles. The molecule has 164 valence electrons. The lowest BCUT2D eigenvalue weighted by molar-refractivity contribution is -0.124. The number of benzene rings is 2. The number of aryl methyl sites for hydroxylation is 1. The molecule has 0 saturated carbocycles. The Bertz CT molecular complexity index is 1120. The fourth-order valence-electron chi connectivity index (χ4n) is 3.94. The van der Waals surface area contributed by atoms with Gasteiger partial charge in [-0.2, -0.15) is 4.31 Å². The summed E-state index contributed by atoms with van der Waals surface area (Å²) in [5.74, 6) is -0.282. The summed E-state index contributed by atoms with van der Waals surface area (Å²) in [6.07, 6.45) is 0.359. The Labute approximate surface area is 181 Å². The molecule has 0 unspecified atom stereocenters. The van der Waals surface area contributed by atoms with Crippen LogP contribution < -0.4 is 15.4 Å². The number of sulfonamides is 1.